The molecule has 0 fully saturated rings. The minimum Gasteiger partial charge on any atom is -0.465 e. The minimum atomic E-state index is -1.24. The van der Waals surface area contributed by atoms with Crippen molar-refractivity contribution in [2.75, 3.05) is 6.54 Å². The van der Waals surface area contributed by atoms with Crippen LogP contribution < -0.4 is 0 Å². The Labute approximate surface area is 90.3 Å². The van der Waals surface area contributed by atoms with Gasteiger partial charge in [-0.3, -0.25) is 4.79 Å². The van der Waals surface area contributed by atoms with Crippen LogP contribution in [0.2, 0.25) is 5.15 Å². The Morgan fingerprint density at radius 3 is 2.93 bits per heavy atom. The highest BCUT2D eigenvalue weighted by Crippen LogP contribution is 2.19. The highest BCUT2D eigenvalue weighted by Gasteiger charge is 2.29. The van der Waals surface area contributed by atoms with Crippen molar-refractivity contribution in [3.8, 4) is 0 Å². The molecule has 6 heteroatoms. The fourth-order valence-electron chi connectivity index (χ4n) is 1.51. The number of hydrogen-bond acceptors (Lipinski definition) is 3. The molecule has 1 N–H and O–H groups in total. The number of carbonyl (C=O) groups is 2. The molecule has 0 aliphatic carbocycles. The Balaban J connectivity index is 2.43. The number of aromatic nitrogens is 1. The molecule has 0 aromatic carbocycles. The molecule has 0 bridgehead atoms. The zero-order valence-electron chi connectivity index (χ0n) is 7.61. The summed E-state index contributed by atoms with van der Waals surface area (Å²) in [5.41, 5.74) is 0.873. The van der Waals surface area contributed by atoms with Crippen LogP contribution in [0, 0.1) is 0 Å². The van der Waals surface area contributed by atoms with E-state index in [2.05, 4.69) is 4.98 Å². The summed E-state index contributed by atoms with van der Waals surface area (Å²) >= 11 is 5.67. The number of amides is 2. The Bertz CT molecular complexity index is 447. The first kappa shape index (κ1) is 9.92. The molecule has 0 atom stereocenters. The molecular weight excluding hydrogens is 220 g/mol. The Kier molecular flexibility index (Phi) is 2.32. The van der Waals surface area contributed by atoms with E-state index in [1.807, 2.05) is 0 Å². The number of pyridine rings is 1. The van der Waals surface area contributed by atoms with Crippen molar-refractivity contribution in [1.82, 2.24) is 9.88 Å². The van der Waals surface area contributed by atoms with E-state index < -0.39 is 12.0 Å². The van der Waals surface area contributed by atoms with Crippen LogP contribution in [0.5, 0.6) is 0 Å². The van der Waals surface area contributed by atoms with Gasteiger partial charge in [0, 0.05) is 13.0 Å². The number of fused-ring (bicyclic) bond motifs is 1. The summed E-state index contributed by atoms with van der Waals surface area (Å²) < 4.78 is 0. The second kappa shape index (κ2) is 3.51. The fraction of sp³-hybridized carbons (Fsp3) is 0.222. The van der Waals surface area contributed by atoms with Crippen LogP contribution in [0.3, 0.4) is 0 Å². The topological polar surface area (TPSA) is 70.5 Å². The van der Waals surface area contributed by atoms with E-state index in [1.165, 1.54) is 12.1 Å². The predicted octanol–water partition coefficient (Wildman–Crippen LogP) is 1.41. The number of rotatable bonds is 0. The summed E-state index contributed by atoms with van der Waals surface area (Å²) in [7, 11) is 0. The average Bonchev–Trinajstić information content (AvgIpc) is 2.17. The molecule has 0 spiro atoms. The highest BCUT2D eigenvalue weighted by atomic mass is 35.5. The smallest absolute Gasteiger partial charge is 0.414 e. The molecule has 0 radical (unpaired) electrons. The number of nitrogens with zero attached hydrogens (tertiary/aromatic N) is 2. The van der Waals surface area contributed by atoms with Gasteiger partial charge in [-0.2, -0.15) is 0 Å². The standard InChI is InChI=1S/C9H7ClN2O3/c10-7-2-1-5-6(11-7)3-4-12(8(5)13)9(14)15/h1-2H,3-4H2,(H,14,15). The Morgan fingerprint density at radius 1 is 1.53 bits per heavy atom. The maximum Gasteiger partial charge on any atom is 0.414 e. The molecule has 1 aromatic heterocycles. The number of hydrogen-bond donors (Lipinski definition) is 1. The number of carbonyl (C=O) groups excluding carboxylic acids is 1. The van der Waals surface area contributed by atoms with Crippen molar-refractivity contribution in [3.05, 3.63) is 28.5 Å². The van der Waals surface area contributed by atoms with Gasteiger partial charge >= 0.3 is 6.09 Å². The van der Waals surface area contributed by atoms with E-state index in [-0.39, 0.29) is 6.54 Å². The molecule has 5 nitrogen and oxygen atoms in total. The SMILES string of the molecule is O=C(O)N1CCc2nc(Cl)ccc2C1=O. The summed E-state index contributed by atoms with van der Waals surface area (Å²) in [6.45, 7) is 0.133. The molecule has 2 amide bonds. The van der Waals surface area contributed by atoms with Gasteiger partial charge in [0.1, 0.15) is 5.15 Å². The first-order chi connectivity index (χ1) is 7.09. The van der Waals surface area contributed by atoms with Gasteiger partial charge in [0.05, 0.1) is 11.3 Å². The van der Waals surface area contributed by atoms with Crippen molar-refractivity contribution in [2.24, 2.45) is 0 Å². The molecule has 0 unspecified atom stereocenters. The summed E-state index contributed by atoms with van der Waals surface area (Å²) in [6, 6.07) is 2.98. The van der Waals surface area contributed by atoms with Gasteiger partial charge in [-0.1, -0.05) is 11.6 Å². The lowest BCUT2D eigenvalue weighted by Gasteiger charge is -2.23. The summed E-state index contributed by atoms with van der Waals surface area (Å²) in [5.74, 6) is -0.534. The van der Waals surface area contributed by atoms with E-state index in [1.54, 1.807) is 0 Å². The Hall–Kier alpha value is -1.62. The summed E-state index contributed by atoms with van der Waals surface area (Å²) in [4.78, 5) is 27.1. The highest BCUT2D eigenvalue weighted by molar-refractivity contribution is 6.29. The van der Waals surface area contributed by atoms with Crippen LogP contribution in [0.1, 0.15) is 16.1 Å². The van der Waals surface area contributed by atoms with Gasteiger partial charge in [-0.15, -0.1) is 0 Å². The van der Waals surface area contributed by atoms with E-state index >= 15 is 0 Å². The summed E-state index contributed by atoms with van der Waals surface area (Å²) in [5, 5.41) is 9.06. The van der Waals surface area contributed by atoms with Crippen molar-refractivity contribution >= 4 is 23.6 Å². The molecular formula is C9H7ClN2O3. The van der Waals surface area contributed by atoms with Gasteiger partial charge in [0.2, 0.25) is 0 Å². The van der Waals surface area contributed by atoms with Crippen molar-refractivity contribution in [1.29, 1.82) is 0 Å². The zero-order chi connectivity index (χ0) is 11.0. The number of halogens is 1. The van der Waals surface area contributed by atoms with E-state index in [9.17, 15) is 9.59 Å². The van der Waals surface area contributed by atoms with Gasteiger partial charge in [0.15, 0.2) is 0 Å². The first-order valence-corrected chi connectivity index (χ1v) is 4.67. The van der Waals surface area contributed by atoms with Crippen LogP contribution in [0.4, 0.5) is 4.79 Å². The molecule has 0 saturated carbocycles. The molecule has 2 rings (SSSR count). The molecule has 0 saturated heterocycles. The largest absolute Gasteiger partial charge is 0.465 e. The maximum absolute atomic E-state index is 11.6. The number of carboxylic acid groups (broad SMARTS) is 1. The first-order valence-electron chi connectivity index (χ1n) is 4.30. The summed E-state index contributed by atoms with van der Waals surface area (Å²) in [6.07, 6.45) is -0.825. The van der Waals surface area contributed by atoms with E-state index in [0.717, 1.165) is 4.90 Å². The Morgan fingerprint density at radius 2 is 2.27 bits per heavy atom. The van der Waals surface area contributed by atoms with Crippen LogP contribution in [-0.4, -0.2) is 33.5 Å². The number of imide groups is 1. The third-order valence-electron chi connectivity index (χ3n) is 2.22. The van der Waals surface area contributed by atoms with E-state index in [4.69, 9.17) is 16.7 Å². The zero-order valence-corrected chi connectivity index (χ0v) is 8.36. The van der Waals surface area contributed by atoms with Gasteiger partial charge in [-0.05, 0) is 12.1 Å². The van der Waals surface area contributed by atoms with Crippen LogP contribution in [0.25, 0.3) is 0 Å². The molecule has 2 heterocycles. The minimum absolute atomic E-state index is 0.133. The van der Waals surface area contributed by atoms with Gasteiger partial charge < -0.3 is 5.11 Å². The monoisotopic (exact) mass is 226 g/mol. The molecule has 1 aromatic rings. The predicted molar refractivity (Wildman–Crippen MR) is 52.0 cm³/mol. The molecule has 78 valence electrons. The maximum atomic E-state index is 11.6. The molecule has 1 aliphatic heterocycles. The molecule has 1 aliphatic rings. The lowest BCUT2D eigenvalue weighted by Crippen LogP contribution is -2.41. The van der Waals surface area contributed by atoms with Crippen molar-refractivity contribution in [3.63, 3.8) is 0 Å². The van der Waals surface area contributed by atoms with Crippen LogP contribution in [0.15, 0.2) is 12.1 Å². The van der Waals surface area contributed by atoms with Crippen LogP contribution in [-0.2, 0) is 6.42 Å². The van der Waals surface area contributed by atoms with Gasteiger partial charge in [0.25, 0.3) is 5.91 Å². The fourth-order valence-corrected chi connectivity index (χ4v) is 1.67. The lowest BCUT2D eigenvalue weighted by atomic mass is 10.1. The lowest BCUT2D eigenvalue weighted by molar-refractivity contribution is 0.0725. The van der Waals surface area contributed by atoms with Crippen molar-refractivity contribution in [2.45, 2.75) is 6.42 Å². The third-order valence-corrected chi connectivity index (χ3v) is 2.43. The second-order valence-electron chi connectivity index (χ2n) is 3.12. The average molecular weight is 227 g/mol. The van der Waals surface area contributed by atoms with Crippen molar-refractivity contribution < 1.29 is 14.7 Å². The van der Waals surface area contributed by atoms with E-state index in [0.29, 0.717) is 22.8 Å². The third kappa shape index (κ3) is 1.66. The van der Waals surface area contributed by atoms with Gasteiger partial charge in [-0.25, -0.2) is 14.7 Å². The molecule has 15 heavy (non-hydrogen) atoms. The normalized spacial score (nSPS) is 15.0. The quantitative estimate of drug-likeness (QED) is 0.679. The van der Waals surface area contributed by atoms with Crippen LogP contribution >= 0.6 is 11.6 Å². The second-order valence-corrected chi connectivity index (χ2v) is 3.50.